The molecule has 0 bridgehead atoms. The first-order valence-corrected chi connectivity index (χ1v) is 8.03. The second kappa shape index (κ2) is 10.7. The molecule has 0 heterocycles. The van der Waals surface area contributed by atoms with Gasteiger partial charge >= 0.3 is 0 Å². The molecular weight excluding hydrogens is 260 g/mol. The third-order valence-electron chi connectivity index (χ3n) is 3.77. The van der Waals surface area contributed by atoms with Crippen molar-refractivity contribution in [3.8, 4) is 0 Å². The lowest BCUT2D eigenvalue weighted by Crippen LogP contribution is -2.30. The van der Waals surface area contributed by atoms with Crippen LogP contribution < -0.4 is 22.1 Å². The van der Waals surface area contributed by atoms with Gasteiger partial charge < -0.3 is 22.1 Å². The lowest BCUT2D eigenvalue weighted by Gasteiger charge is -2.28. The summed E-state index contributed by atoms with van der Waals surface area (Å²) in [6.07, 6.45) is 6.26. The van der Waals surface area contributed by atoms with Gasteiger partial charge in [-0.2, -0.15) is 0 Å². The zero-order valence-corrected chi connectivity index (χ0v) is 14.6. The summed E-state index contributed by atoms with van der Waals surface area (Å²) in [6.45, 7) is 14.5. The van der Waals surface area contributed by atoms with Crippen molar-refractivity contribution in [2.45, 2.75) is 47.5 Å². The fourth-order valence-corrected chi connectivity index (χ4v) is 2.44. The van der Waals surface area contributed by atoms with E-state index in [1.54, 1.807) is 0 Å². The molecule has 4 nitrogen and oxygen atoms in total. The summed E-state index contributed by atoms with van der Waals surface area (Å²) in [5.74, 6) is 0.644. The maximum absolute atomic E-state index is 5.78. The van der Waals surface area contributed by atoms with Gasteiger partial charge in [-0.1, -0.05) is 32.9 Å². The van der Waals surface area contributed by atoms with Crippen LogP contribution in [-0.2, 0) is 0 Å². The summed E-state index contributed by atoms with van der Waals surface area (Å²) < 4.78 is 0. The van der Waals surface area contributed by atoms with E-state index in [0.717, 1.165) is 44.0 Å². The van der Waals surface area contributed by atoms with Gasteiger partial charge in [-0.25, -0.2) is 0 Å². The molecule has 0 aliphatic heterocycles. The van der Waals surface area contributed by atoms with Gasteiger partial charge in [0.2, 0.25) is 0 Å². The zero-order chi connectivity index (χ0) is 16.3. The highest BCUT2D eigenvalue weighted by Gasteiger charge is 2.20. The highest BCUT2D eigenvalue weighted by molar-refractivity contribution is 4.96. The Morgan fingerprint density at radius 2 is 1.57 bits per heavy atom. The van der Waals surface area contributed by atoms with Crippen molar-refractivity contribution >= 4 is 0 Å². The zero-order valence-electron chi connectivity index (χ0n) is 14.6. The molecule has 0 radical (unpaired) electrons. The van der Waals surface area contributed by atoms with Crippen LogP contribution in [0.5, 0.6) is 0 Å². The van der Waals surface area contributed by atoms with E-state index < -0.39 is 0 Å². The van der Waals surface area contributed by atoms with Crippen molar-refractivity contribution in [2.75, 3.05) is 26.2 Å². The summed E-state index contributed by atoms with van der Waals surface area (Å²) in [7, 11) is 0. The molecule has 0 spiro atoms. The molecule has 0 saturated carbocycles. The molecule has 1 unspecified atom stereocenters. The summed E-state index contributed by atoms with van der Waals surface area (Å²) in [5.41, 5.74) is 13.7. The first-order chi connectivity index (χ1) is 9.80. The largest absolute Gasteiger partial charge is 0.401 e. The SMILES string of the molecule is C/C=C(\N)CNCCC(C)(C)CC(C)CNC/C(N)=C/C. The highest BCUT2D eigenvalue weighted by Crippen LogP contribution is 2.28. The van der Waals surface area contributed by atoms with Crippen molar-refractivity contribution in [1.29, 1.82) is 0 Å². The van der Waals surface area contributed by atoms with E-state index in [4.69, 9.17) is 11.5 Å². The van der Waals surface area contributed by atoms with Crippen LogP contribution in [0.3, 0.4) is 0 Å². The monoisotopic (exact) mass is 296 g/mol. The molecule has 0 amide bonds. The lowest BCUT2D eigenvalue weighted by atomic mass is 9.80. The predicted molar refractivity (Wildman–Crippen MR) is 93.8 cm³/mol. The van der Waals surface area contributed by atoms with Gasteiger partial charge in [-0.05, 0) is 51.1 Å². The molecule has 0 rings (SSSR count). The molecule has 0 aromatic rings. The molecule has 0 aromatic carbocycles. The van der Waals surface area contributed by atoms with Crippen LogP contribution in [0.15, 0.2) is 23.5 Å². The van der Waals surface area contributed by atoms with Crippen molar-refractivity contribution in [3.05, 3.63) is 23.5 Å². The van der Waals surface area contributed by atoms with Gasteiger partial charge in [-0.3, -0.25) is 0 Å². The molecule has 0 aliphatic rings. The quantitative estimate of drug-likeness (QED) is 0.441. The molecule has 21 heavy (non-hydrogen) atoms. The van der Waals surface area contributed by atoms with Gasteiger partial charge in [0.15, 0.2) is 0 Å². The van der Waals surface area contributed by atoms with E-state index in [-0.39, 0.29) is 0 Å². The highest BCUT2D eigenvalue weighted by atomic mass is 14.9. The van der Waals surface area contributed by atoms with Crippen LogP contribution in [0.2, 0.25) is 0 Å². The fraction of sp³-hybridized carbons (Fsp3) is 0.765. The number of nitrogens with two attached hydrogens (primary N) is 2. The van der Waals surface area contributed by atoms with E-state index in [1.807, 2.05) is 26.0 Å². The molecule has 0 aromatic heterocycles. The number of allylic oxidation sites excluding steroid dienone is 2. The normalized spacial score (nSPS) is 15.3. The van der Waals surface area contributed by atoms with Gasteiger partial charge in [0.1, 0.15) is 0 Å². The summed E-state index contributed by atoms with van der Waals surface area (Å²) in [6, 6.07) is 0. The number of nitrogens with one attached hydrogen (secondary N) is 2. The Bertz CT molecular complexity index is 332. The molecule has 124 valence electrons. The second-order valence-corrected chi connectivity index (χ2v) is 6.76. The Kier molecular flexibility index (Phi) is 10.2. The Hall–Kier alpha value is -1.00. The minimum Gasteiger partial charge on any atom is -0.401 e. The number of hydrogen-bond acceptors (Lipinski definition) is 4. The second-order valence-electron chi connectivity index (χ2n) is 6.76. The van der Waals surface area contributed by atoms with Gasteiger partial charge in [0, 0.05) is 24.5 Å². The molecule has 0 aliphatic carbocycles. The predicted octanol–water partition coefficient (Wildman–Crippen LogP) is 2.33. The molecule has 0 saturated heterocycles. The maximum Gasteiger partial charge on any atom is 0.0348 e. The van der Waals surface area contributed by atoms with Crippen LogP contribution in [-0.4, -0.2) is 26.2 Å². The van der Waals surface area contributed by atoms with Crippen molar-refractivity contribution in [1.82, 2.24) is 10.6 Å². The van der Waals surface area contributed by atoms with Crippen molar-refractivity contribution in [2.24, 2.45) is 22.8 Å². The fourth-order valence-electron chi connectivity index (χ4n) is 2.44. The van der Waals surface area contributed by atoms with Crippen LogP contribution in [0.25, 0.3) is 0 Å². The molecule has 6 N–H and O–H groups in total. The number of rotatable bonds is 11. The summed E-state index contributed by atoms with van der Waals surface area (Å²) in [4.78, 5) is 0. The van der Waals surface area contributed by atoms with Crippen LogP contribution in [0, 0.1) is 11.3 Å². The van der Waals surface area contributed by atoms with E-state index in [2.05, 4.69) is 31.4 Å². The van der Waals surface area contributed by atoms with Crippen molar-refractivity contribution < 1.29 is 0 Å². The van der Waals surface area contributed by atoms with Crippen LogP contribution in [0.1, 0.15) is 47.5 Å². The van der Waals surface area contributed by atoms with Gasteiger partial charge in [-0.15, -0.1) is 0 Å². The van der Waals surface area contributed by atoms with E-state index in [0.29, 0.717) is 11.3 Å². The van der Waals surface area contributed by atoms with E-state index in [9.17, 15) is 0 Å². The standard InChI is InChI=1S/C17H36N4/c1-6-15(18)12-20-9-8-17(4,5)10-14(3)11-21-13-16(19)7-2/h6-7,14,20-21H,8-13,18-19H2,1-5H3/b15-6-,16-7-. The Balaban J connectivity index is 3.88. The van der Waals surface area contributed by atoms with Gasteiger partial charge in [0.05, 0.1) is 0 Å². The third-order valence-corrected chi connectivity index (χ3v) is 3.77. The average Bonchev–Trinajstić information content (AvgIpc) is 2.42. The lowest BCUT2D eigenvalue weighted by molar-refractivity contribution is 0.251. The maximum atomic E-state index is 5.78. The van der Waals surface area contributed by atoms with Crippen LogP contribution in [0.4, 0.5) is 0 Å². The minimum atomic E-state index is 0.338. The number of hydrogen-bond donors (Lipinski definition) is 4. The van der Waals surface area contributed by atoms with Gasteiger partial charge in [0.25, 0.3) is 0 Å². The average molecular weight is 297 g/mol. The smallest absolute Gasteiger partial charge is 0.0348 e. The molecular formula is C17H36N4. The Morgan fingerprint density at radius 3 is 2.10 bits per heavy atom. The Labute approximate surface area is 131 Å². The van der Waals surface area contributed by atoms with E-state index in [1.165, 1.54) is 6.42 Å². The molecule has 1 atom stereocenters. The Morgan fingerprint density at radius 1 is 1.05 bits per heavy atom. The van der Waals surface area contributed by atoms with E-state index >= 15 is 0 Å². The molecule has 0 fully saturated rings. The first kappa shape index (κ1) is 20.0. The summed E-state index contributed by atoms with van der Waals surface area (Å²) >= 11 is 0. The minimum absolute atomic E-state index is 0.338. The first-order valence-electron chi connectivity index (χ1n) is 8.03. The third kappa shape index (κ3) is 11.3. The summed E-state index contributed by atoms with van der Waals surface area (Å²) in [5, 5.41) is 6.81. The van der Waals surface area contributed by atoms with Crippen molar-refractivity contribution in [3.63, 3.8) is 0 Å². The van der Waals surface area contributed by atoms with Crippen LogP contribution >= 0.6 is 0 Å². The molecule has 4 heteroatoms. The topological polar surface area (TPSA) is 76.1 Å².